The average molecular weight is 827 g/mol. The number of carbonyl (C=O) groups is 3. The number of fused-ring (bicyclic) bond motifs is 1. The van der Waals surface area contributed by atoms with Gasteiger partial charge in [-0.3, -0.25) is 24.6 Å². The molecule has 60 heavy (non-hydrogen) atoms. The van der Waals surface area contributed by atoms with Crippen LogP contribution in [0.3, 0.4) is 0 Å². The van der Waals surface area contributed by atoms with Gasteiger partial charge in [-0.05, 0) is 98.0 Å². The summed E-state index contributed by atoms with van der Waals surface area (Å²) in [4.78, 5) is 56.3. The number of H-pyrrole nitrogens is 1. The van der Waals surface area contributed by atoms with E-state index >= 15 is 4.39 Å². The minimum atomic E-state index is -0.624. The van der Waals surface area contributed by atoms with Gasteiger partial charge in [-0.15, -0.1) is 0 Å². The number of nitrogens with one attached hydrogen (secondary N) is 3. The SMILES string of the molecule is O=C1CC[C@@H](c2ccc(N3CCC(CN4CCN(c5ccc(-c6nc7ncc(Cl)c(Oc8ccc(C(=O)Nc9ccccc9)cc8)c7[nH]6)cc5)CC4)CC3)cc2F)C(=O)N1. The van der Waals surface area contributed by atoms with Gasteiger partial charge < -0.3 is 24.8 Å². The Kier molecular flexibility index (Phi) is 11.2. The van der Waals surface area contributed by atoms with Crippen LogP contribution in [-0.2, 0) is 9.59 Å². The number of amides is 3. The van der Waals surface area contributed by atoms with Crippen LogP contribution in [0.5, 0.6) is 11.5 Å². The molecule has 0 bridgehead atoms. The van der Waals surface area contributed by atoms with E-state index < -0.39 is 11.8 Å². The smallest absolute Gasteiger partial charge is 0.255 e. The van der Waals surface area contributed by atoms with Crippen LogP contribution in [0.1, 0.15) is 47.5 Å². The van der Waals surface area contributed by atoms with Crippen molar-refractivity contribution in [2.45, 2.75) is 31.6 Å². The molecule has 0 radical (unpaired) electrons. The first-order valence-electron chi connectivity index (χ1n) is 20.4. The van der Waals surface area contributed by atoms with Crippen molar-refractivity contribution >= 4 is 57.5 Å². The Morgan fingerprint density at radius 2 is 1.57 bits per heavy atom. The number of piperazine rings is 1. The van der Waals surface area contributed by atoms with Crippen LogP contribution in [0, 0.1) is 11.7 Å². The zero-order valence-corrected chi connectivity index (χ0v) is 33.6. The molecular weight excluding hydrogens is 783 g/mol. The lowest BCUT2D eigenvalue weighted by Crippen LogP contribution is -2.49. The van der Waals surface area contributed by atoms with Gasteiger partial charge in [0.25, 0.3) is 5.91 Å². The molecule has 306 valence electrons. The Bertz CT molecular complexity index is 2520. The topological polar surface area (TPSA) is 136 Å². The fourth-order valence-electron chi connectivity index (χ4n) is 8.41. The van der Waals surface area contributed by atoms with E-state index in [0.717, 1.165) is 81.3 Å². The molecule has 3 aliphatic rings. The van der Waals surface area contributed by atoms with Gasteiger partial charge >= 0.3 is 0 Å². The van der Waals surface area contributed by atoms with Crippen LogP contribution in [-0.4, -0.2) is 83.4 Å². The molecule has 3 saturated heterocycles. The molecule has 1 atom stereocenters. The normalized spacial score (nSPS) is 17.8. The Balaban J connectivity index is 0.764. The minimum absolute atomic E-state index is 0.219. The third kappa shape index (κ3) is 8.54. The van der Waals surface area contributed by atoms with Crippen LogP contribution in [0.15, 0.2) is 103 Å². The highest BCUT2D eigenvalue weighted by Crippen LogP contribution is 2.37. The number of nitrogens with zero attached hydrogens (tertiary/aromatic N) is 5. The molecule has 9 rings (SSSR count). The Hall–Kier alpha value is -6.31. The van der Waals surface area contributed by atoms with Gasteiger partial charge in [-0.2, -0.15) is 0 Å². The zero-order valence-electron chi connectivity index (χ0n) is 32.9. The number of aromatic amines is 1. The number of hydrogen-bond acceptors (Lipinski definition) is 9. The van der Waals surface area contributed by atoms with Crippen LogP contribution < -0.4 is 25.2 Å². The van der Waals surface area contributed by atoms with Gasteiger partial charge in [-0.1, -0.05) is 35.9 Å². The quantitative estimate of drug-likeness (QED) is 0.117. The number of aromatic nitrogens is 3. The largest absolute Gasteiger partial charge is 0.453 e. The highest BCUT2D eigenvalue weighted by Gasteiger charge is 2.31. The number of imide groups is 1. The van der Waals surface area contributed by atoms with E-state index in [4.69, 9.17) is 21.3 Å². The van der Waals surface area contributed by atoms with E-state index in [0.29, 0.717) is 57.0 Å². The third-order valence-electron chi connectivity index (χ3n) is 11.8. The zero-order chi connectivity index (χ0) is 41.2. The van der Waals surface area contributed by atoms with E-state index in [-0.39, 0.29) is 24.1 Å². The van der Waals surface area contributed by atoms with Crippen LogP contribution in [0.2, 0.25) is 5.02 Å². The Morgan fingerprint density at radius 1 is 0.850 bits per heavy atom. The lowest BCUT2D eigenvalue weighted by atomic mass is 9.89. The summed E-state index contributed by atoms with van der Waals surface area (Å²) in [6.45, 7) is 6.61. The second kappa shape index (κ2) is 17.1. The number of piperidine rings is 2. The molecule has 0 spiro atoms. The van der Waals surface area contributed by atoms with Crippen LogP contribution >= 0.6 is 11.6 Å². The number of halogens is 2. The first-order valence-corrected chi connectivity index (χ1v) is 20.8. The lowest BCUT2D eigenvalue weighted by molar-refractivity contribution is -0.134. The van der Waals surface area contributed by atoms with Gasteiger partial charge in [-0.25, -0.2) is 14.4 Å². The second-order valence-corrected chi connectivity index (χ2v) is 16.0. The summed E-state index contributed by atoms with van der Waals surface area (Å²) < 4.78 is 21.4. The van der Waals surface area contributed by atoms with Gasteiger partial charge in [0.15, 0.2) is 11.4 Å². The number of anilines is 3. The fraction of sp³-hybridized carbons (Fsp3) is 0.283. The highest BCUT2D eigenvalue weighted by molar-refractivity contribution is 6.32. The summed E-state index contributed by atoms with van der Waals surface area (Å²) in [5.41, 5.74) is 5.53. The Labute approximate surface area is 351 Å². The number of imidazole rings is 1. The van der Waals surface area contributed by atoms with Crippen molar-refractivity contribution in [1.82, 2.24) is 25.2 Å². The maximum absolute atomic E-state index is 15.2. The van der Waals surface area contributed by atoms with Gasteiger partial charge in [0.05, 0.1) is 12.1 Å². The molecule has 2 aromatic heterocycles. The molecule has 0 saturated carbocycles. The Morgan fingerprint density at radius 3 is 2.28 bits per heavy atom. The number of hydrogen-bond donors (Lipinski definition) is 3. The number of carbonyl (C=O) groups excluding carboxylic acids is 3. The molecular formula is C46H44ClFN8O4. The highest BCUT2D eigenvalue weighted by atomic mass is 35.5. The maximum Gasteiger partial charge on any atom is 0.255 e. The van der Waals surface area contributed by atoms with E-state index in [9.17, 15) is 14.4 Å². The molecule has 3 amide bonds. The van der Waals surface area contributed by atoms with E-state index in [2.05, 4.69) is 59.6 Å². The molecule has 0 unspecified atom stereocenters. The predicted octanol–water partition coefficient (Wildman–Crippen LogP) is 8.02. The van der Waals surface area contributed by atoms with Crippen molar-refractivity contribution in [2.24, 2.45) is 5.92 Å². The van der Waals surface area contributed by atoms with Gasteiger partial charge in [0, 0.05) is 86.0 Å². The maximum atomic E-state index is 15.2. The summed E-state index contributed by atoms with van der Waals surface area (Å²) in [5, 5.41) is 5.54. The summed E-state index contributed by atoms with van der Waals surface area (Å²) in [5.74, 6) is 0.189. The number of benzene rings is 4. The molecule has 3 fully saturated rings. The van der Waals surface area contributed by atoms with Crippen molar-refractivity contribution in [3.8, 4) is 22.9 Å². The first-order chi connectivity index (χ1) is 29.2. The van der Waals surface area contributed by atoms with Crippen molar-refractivity contribution < 1.29 is 23.5 Å². The van der Waals surface area contributed by atoms with E-state index in [1.807, 2.05) is 36.4 Å². The standard InChI is InChI=1S/C46H44ClFN8O4/c47-38-27-49-44-41(42(38)60-35-13-8-31(9-14-35)45(58)50-32-4-2-1-3-5-32)52-43(53-44)30-6-10-33(11-7-30)56-24-22-54(23-25-56)28-29-18-20-55(21-19-29)34-12-15-36(39(48)26-34)37-16-17-40(57)51-46(37)59/h1-15,26-27,29,37H,16-25,28H2,(H,50,58)(H,49,52,53)(H,51,57,59)/t37-/m0/s1. The molecule has 12 nitrogen and oxygen atoms in total. The third-order valence-corrected chi connectivity index (χ3v) is 12.0. The summed E-state index contributed by atoms with van der Waals surface area (Å²) in [7, 11) is 0. The molecule has 3 N–H and O–H groups in total. The molecule has 14 heteroatoms. The monoisotopic (exact) mass is 826 g/mol. The summed E-state index contributed by atoms with van der Waals surface area (Å²) >= 11 is 6.58. The van der Waals surface area contributed by atoms with Gasteiger partial charge in [0.1, 0.15) is 27.9 Å². The average Bonchev–Trinajstić information content (AvgIpc) is 3.71. The van der Waals surface area contributed by atoms with E-state index in [1.165, 1.54) is 6.20 Å². The van der Waals surface area contributed by atoms with Crippen molar-refractivity contribution in [1.29, 1.82) is 0 Å². The summed E-state index contributed by atoms with van der Waals surface area (Å²) in [6.07, 6.45) is 4.16. The summed E-state index contributed by atoms with van der Waals surface area (Å²) in [6, 6.07) is 29.7. The number of pyridine rings is 1. The van der Waals surface area contributed by atoms with E-state index in [1.54, 1.807) is 36.4 Å². The first kappa shape index (κ1) is 39.2. The van der Waals surface area contributed by atoms with Crippen molar-refractivity contribution in [2.75, 3.05) is 60.9 Å². The van der Waals surface area contributed by atoms with Crippen molar-refractivity contribution in [3.05, 3.63) is 125 Å². The molecule has 5 heterocycles. The lowest BCUT2D eigenvalue weighted by Gasteiger charge is -2.40. The van der Waals surface area contributed by atoms with Gasteiger partial charge in [0.2, 0.25) is 11.8 Å². The number of rotatable bonds is 10. The number of ether oxygens (including phenoxy) is 1. The molecule has 4 aromatic carbocycles. The number of para-hydroxylation sites is 1. The molecule has 3 aliphatic heterocycles. The molecule has 0 aliphatic carbocycles. The predicted molar refractivity (Wildman–Crippen MR) is 230 cm³/mol. The van der Waals surface area contributed by atoms with Crippen LogP contribution in [0.4, 0.5) is 21.5 Å². The minimum Gasteiger partial charge on any atom is -0.453 e. The molecule has 6 aromatic rings. The van der Waals surface area contributed by atoms with Crippen molar-refractivity contribution in [3.63, 3.8) is 0 Å². The van der Waals surface area contributed by atoms with Crippen LogP contribution in [0.25, 0.3) is 22.6 Å². The fourth-order valence-corrected chi connectivity index (χ4v) is 8.59. The second-order valence-electron chi connectivity index (χ2n) is 15.6.